The van der Waals surface area contributed by atoms with Gasteiger partial charge in [-0.15, -0.1) is 0 Å². The number of nitrogens with zero attached hydrogens (tertiary/aromatic N) is 3. The van der Waals surface area contributed by atoms with Crippen molar-refractivity contribution in [2.24, 2.45) is 11.8 Å². The highest BCUT2D eigenvalue weighted by Crippen LogP contribution is 2.44. The van der Waals surface area contributed by atoms with Crippen molar-refractivity contribution in [3.8, 4) is 0 Å². The summed E-state index contributed by atoms with van der Waals surface area (Å²) in [6.07, 6.45) is 2.51. The number of aliphatic carboxylic acids is 1. The van der Waals surface area contributed by atoms with Gasteiger partial charge in [0.25, 0.3) is 5.95 Å². The van der Waals surface area contributed by atoms with Crippen LogP contribution in [0.3, 0.4) is 0 Å². The van der Waals surface area contributed by atoms with Crippen LogP contribution in [-0.2, 0) is 9.53 Å². The maximum absolute atomic E-state index is 11.4. The van der Waals surface area contributed by atoms with Gasteiger partial charge in [0.1, 0.15) is 0 Å². The van der Waals surface area contributed by atoms with Crippen LogP contribution in [0.2, 0.25) is 0 Å². The standard InChI is InChI=1S/C14H21N3O4/c1-2-9-7-10(11(8-9)13(18)19)12-15-14(16-21-12)17-3-5-20-6-4-17/h9-11H,2-8H2,1H3,(H,18,19). The average molecular weight is 295 g/mol. The third-order valence-electron chi connectivity index (χ3n) is 4.60. The van der Waals surface area contributed by atoms with Crippen LogP contribution >= 0.6 is 0 Å². The van der Waals surface area contributed by atoms with Gasteiger partial charge in [0.2, 0.25) is 5.89 Å². The lowest BCUT2D eigenvalue weighted by Gasteiger charge is -2.24. The molecule has 0 amide bonds. The number of hydrogen-bond acceptors (Lipinski definition) is 6. The van der Waals surface area contributed by atoms with E-state index >= 15 is 0 Å². The minimum atomic E-state index is -0.762. The van der Waals surface area contributed by atoms with E-state index in [-0.39, 0.29) is 5.92 Å². The first-order chi connectivity index (χ1) is 10.2. The maximum atomic E-state index is 11.4. The topological polar surface area (TPSA) is 88.7 Å². The van der Waals surface area contributed by atoms with Crippen molar-refractivity contribution in [3.05, 3.63) is 5.89 Å². The Kier molecular flexibility index (Phi) is 4.10. The monoisotopic (exact) mass is 295 g/mol. The zero-order chi connectivity index (χ0) is 14.8. The summed E-state index contributed by atoms with van der Waals surface area (Å²) < 4.78 is 10.7. The van der Waals surface area contributed by atoms with Gasteiger partial charge in [-0.05, 0) is 23.9 Å². The number of carboxylic acid groups (broad SMARTS) is 1. The Bertz CT molecular complexity index is 498. The van der Waals surface area contributed by atoms with Crippen LogP contribution in [0.25, 0.3) is 0 Å². The number of morpholine rings is 1. The summed E-state index contributed by atoms with van der Waals surface area (Å²) >= 11 is 0. The Morgan fingerprint density at radius 3 is 2.81 bits per heavy atom. The minimum absolute atomic E-state index is 0.158. The van der Waals surface area contributed by atoms with Gasteiger partial charge in [-0.3, -0.25) is 4.79 Å². The van der Waals surface area contributed by atoms with Crippen LogP contribution in [0, 0.1) is 11.8 Å². The second-order valence-corrected chi connectivity index (χ2v) is 5.83. The summed E-state index contributed by atoms with van der Waals surface area (Å²) in [6, 6.07) is 0. The van der Waals surface area contributed by atoms with E-state index < -0.39 is 11.9 Å². The molecule has 2 aliphatic rings. The molecule has 3 unspecified atom stereocenters. The molecule has 0 bridgehead atoms. The first-order valence-electron chi connectivity index (χ1n) is 7.58. The number of carboxylic acids is 1. The Labute approximate surface area is 123 Å². The minimum Gasteiger partial charge on any atom is -0.481 e. The fraction of sp³-hybridized carbons (Fsp3) is 0.786. The summed E-state index contributed by atoms with van der Waals surface area (Å²) in [5.41, 5.74) is 0. The summed E-state index contributed by atoms with van der Waals surface area (Å²) in [6.45, 7) is 4.89. The molecule has 1 aromatic heterocycles. The van der Waals surface area contributed by atoms with Gasteiger partial charge < -0.3 is 19.3 Å². The molecule has 7 heteroatoms. The van der Waals surface area contributed by atoms with E-state index in [9.17, 15) is 9.90 Å². The molecule has 3 atom stereocenters. The van der Waals surface area contributed by atoms with Crippen molar-refractivity contribution in [2.45, 2.75) is 32.1 Å². The van der Waals surface area contributed by atoms with Gasteiger partial charge in [0.05, 0.1) is 25.0 Å². The van der Waals surface area contributed by atoms with E-state index in [1.807, 2.05) is 4.90 Å². The summed E-state index contributed by atoms with van der Waals surface area (Å²) in [4.78, 5) is 17.9. The van der Waals surface area contributed by atoms with Crippen molar-refractivity contribution < 1.29 is 19.2 Å². The third-order valence-corrected chi connectivity index (χ3v) is 4.60. The lowest BCUT2D eigenvalue weighted by molar-refractivity contribution is -0.142. The zero-order valence-corrected chi connectivity index (χ0v) is 12.2. The predicted octanol–water partition coefficient (Wildman–Crippen LogP) is 1.51. The fourth-order valence-electron chi connectivity index (χ4n) is 3.29. The molecule has 116 valence electrons. The van der Waals surface area contributed by atoms with E-state index in [1.165, 1.54) is 0 Å². The van der Waals surface area contributed by atoms with Crippen molar-refractivity contribution in [3.63, 3.8) is 0 Å². The molecule has 7 nitrogen and oxygen atoms in total. The lowest BCUT2D eigenvalue weighted by atomic mass is 9.96. The molecule has 1 aromatic rings. The SMILES string of the molecule is CCC1CC(C(=O)O)C(c2nc(N3CCOCC3)no2)C1. The average Bonchev–Trinajstić information content (AvgIpc) is 3.14. The third kappa shape index (κ3) is 2.88. The van der Waals surface area contributed by atoms with Crippen LogP contribution in [0.4, 0.5) is 5.95 Å². The lowest BCUT2D eigenvalue weighted by Crippen LogP contribution is -2.36. The molecule has 0 spiro atoms. The van der Waals surface area contributed by atoms with Crippen molar-refractivity contribution in [2.75, 3.05) is 31.2 Å². The van der Waals surface area contributed by atoms with E-state index in [2.05, 4.69) is 17.1 Å². The number of ether oxygens (including phenoxy) is 1. The van der Waals surface area contributed by atoms with Gasteiger partial charge in [0.15, 0.2) is 0 Å². The van der Waals surface area contributed by atoms with Gasteiger partial charge in [-0.1, -0.05) is 13.3 Å². The molecule has 1 aliphatic carbocycles. The molecule has 0 radical (unpaired) electrons. The highest BCUT2D eigenvalue weighted by atomic mass is 16.5. The van der Waals surface area contributed by atoms with Crippen LogP contribution in [0.15, 0.2) is 4.52 Å². The van der Waals surface area contributed by atoms with Crippen molar-refractivity contribution >= 4 is 11.9 Å². The van der Waals surface area contributed by atoms with Gasteiger partial charge in [-0.2, -0.15) is 4.98 Å². The Hall–Kier alpha value is -1.63. The molecule has 2 heterocycles. The first-order valence-corrected chi connectivity index (χ1v) is 7.58. The summed E-state index contributed by atoms with van der Waals surface area (Å²) in [7, 11) is 0. The number of hydrogen-bond donors (Lipinski definition) is 1. The second kappa shape index (κ2) is 6.01. The molecule has 0 aromatic carbocycles. The normalized spacial score (nSPS) is 29.8. The molecule has 1 saturated heterocycles. The van der Waals surface area contributed by atoms with E-state index in [0.29, 0.717) is 37.4 Å². The quantitative estimate of drug-likeness (QED) is 0.900. The van der Waals surface area contributed by atoms with E-state index in [0.717, 1.165) is 25.9 Å². The number of carbonyl (C=O) groups is 1. The first kappa shape index (κ1) is 14.3. The molecule has 1 N–H and O–H groups in total. The van der Waals surface area contributed by atoms with Gasteiger partial charge >= 0.3 is 5.97 Å². The van der Waals surface area contributed by atoms with Crippen LogP contribution in [0.1, 0.15) is 38.0 Å². The predicted molar refractivity (Wildman–Crippen MR) is 74.2 cm³/mol. The molecular weight excluding hydrogens is 274 g/mol. The number of rotatable bonds is 4. The molecule has 3 rings (SSSR count). The van der Waals surface area contributed by atoms with Crippen LogP contribution < -0.4 is 4.90 Å². The fourth-order valence-corrected chi connectivity index (χ4v) is 3.29. The Balaban J connectivity index is 1.76. The van der Waals surface area contributed by atoms with Crippen molar-refractivity contribution in [1.82, 2.24) is 10.1 Å². The summed E-state index contributed by atoms with van der Waals surface area (Å²) in [5, 5.41) is 13.4. The van der Waals surface area contributed by atoms with E-state index in [1.54, 1.807) is 0 Å². The van der Waals surface area contributed by atoms with Crippen LogP contribution in [-0.4, -0.2) is 47.5 Å². The highest BCUT2D eigenvalue weighted by molar-refractivity contribution is 5.71. The molecular formula is C14H21N3O4. The number of aromatic nitrogens is 2. The zero-order valence-electron chi connectivity index (χ0n) is 12.2. The maximum Gasteiger partial charge on any atom is 0.307 e. The van der Waals surface area contributed by atoms with Crippen molar-refractivity contribution in [1.29, 1.82) is 0 Å². The summed E-state index contributed by atoms with van der Waals surface area (Å²) in [5.74, 6) is 0.122. The van der Waals surface area contributed by atoms with E-state index in [4.69, 9.17) is 9.26 Å². The Morgan fingerprint density at radius 1 is 1.38 bits per heavy atom. The van der Waals surface area contributed by atoms with Gasteiger partial charge in [0, 0.05) is 13.1 Å². The second-order valence-electron chi connectivity index (χ2n) is 5.83. The molecule has 21 heavy (non-hydrogen) atoms. The largest absolute Gasteiger partial charge is 0.481 e. The molecule has 2 fully saturated rings. The Morgan fingerprint density at radius 2 is 2.14 bits per heavy atom. The van der Waals surface area contributed by atoms with Gasteiger partial charge in [-0.25, -0.2) is 0 Å². The molecule has 1 saturated carbocycles. The number of anilines is 1. The highest BCUT2D eigenvalue weighted by Gasteiger charge is 2.42. The smallest absolute Gasteiger partial charge is 0.307 e. The molecule has 1 aliphatic heterocycles. The van der Waals surface area contributed by atoms with Crippen LogP contribution in [0.5, 0.6) is 0 Å².